The number of methoxy groups -OCH3 is 1. The summed E-state index contributed by atoms with van der Waals surface area (Å²) in [7, 11) is 1.71. The smallest absolute Gasteiger partial charge is 0.232 e. The van der Waals surface area contributed by atoms with Crippen LogP contribution in [0.3, 0.4) is 0 Å². The van der Waals surface area contributed by atoms with E-state index < -0.39 is 6.10 Å². The molecule has 0 amide bonds. The zero-order valence-corrected chi connectivity index (χ0v) is 21.1. The van der Waals surface area contributed by atoms with E-state index >= 15 is 0 Å². The molecule has 1 aromatic heterocycles. The molecule has 1 aliphatic heterocycles. The number of aliphatic hydroxyl groups is 1. The molecule has 192 valence electrons. The second kappa shape index (κ2) is 13.4. The summed E-state index contributed by atoms with van der Waals surface area (Å²) in [6.45, 7) is 8.52. The van der Waals surface area contributed by atoms with Gasteiger partial charge in [0.15, 0.2) is 0 Å². The molecule has 2 heterocycles. The summed E-state index contributed by atoms with van der Waals surface area (Å²) in [6.07, 6.45) is 2.90. The summed E-state index contributed by atoms with van der Waals surface area (Å²) in [4.78, 5) is 4.52. The zero-order valence-electron chi connectivity index (χ0n) is 21.1. The number of benzene rings is 2. The average molecular weight is 492 g/mol. The molecule has 1 N–H and O–H groups in total. The number of rotatable bonds is 14. The average Bonchev–Trinajstić information content (AvgIpc) is 3.32. The lowest BCUT2D eigenvalue weighted by Gasteiger charge is -2.30. The van der Waals surface area contributed by atoms with Crippen LogP contribution in [0, 0.1) is 0 Å². The van der Waals surface area contributed by atoms with Crippen molar-refractivity contribution in [2.24, 2.45) is 0 Å². The molecule has 0 spiro atoms. The lowest BCUT2D eigenvalue weighted by atomic mass is 9.99. The van der Waals surface area contributed by atoms with Gasteiger partial charge in [-0.2, -0.15) is 0 Å². The quantitative estimate of drug-likeness (QED) is 0.266. The van der Waals surface area contributed by atoms with Crippen molar-refractivity contribution in [3.8, 4) is 11.3 Å². The Balaban J connectivity index is 1.61. The molecule has 2 aromatic carbocycles. The highest BCUT2D eigenvalue weighted by atomic mass is 16.5. The minimum Gasteiger partial charge on any atom is -0.389 e. The Morgan fingerprint density at radius 1 is 1.17 bits per heavy atom. The van der Waals surface area contributed by atoms with E-state index in [0.717, 1.165) is 55.2 Å². The third-order valence-corrected chi connectivity index (χ3v) is 6.45. The summed E-state index contributed by atoms with van der Waals surface area (Å²) in [5.41, 5.74) is 5.61. The van der Waals surface area contributed by atoms with Crippen LogP contribution in [0.25, 0.3) is 11.3 Å². The van der Waals surface area contributed by atoms with Gasteiger partial charge >= 0.3 is 0 Å². The van der Waals surface area contributed by atoms with Gasteiger partial charge < -0.3 is 24.0 Å². The number of aliphatic hydroxyl groups excluding tert-OH is 1. The second-order valence-corrected chi connectivity index (χ2v) is 9.18. The van der Waals surface area contributed by atoms with Crippen LogP contribution in [0.2, 0.25) is 0 Å². The molecule has 36 heavy (non-hydrogen) atoms. The minimum atomic E-state index is -0.613. The van der Waals surface area contributed by atoms with Gasteiger partial charge in [-0.1, -0.05) is 65.8 Å². The molecular weight excluding hydrogens is 454 g/mol. The second-order valence-electron chi connectivity index (χ2n) is 9.18. The topological polar surface area (TPSA) is 71.2 Å². The summed E-state index contributed by atoms with van der Waals surface area (Å²) in [6, 6.07) is 18.7. The molecule has 0 bridgehead atoms. The maximum atomic E-state index is 10.7. The van der Waals surface area contributed by atoms with E-state index in [4.69, 9.17) is 14.0 Å². The molecule has 3 aromatic rings. The lowest BCUT2D eigenvalue weighted by molar-refractivity contribution is 0.0230. The monoisotopic (exact) mass is 491 g/mol. The van der Waals surface area contributed by atoms with E-state index in [2.05, 4.69) is 57.9 Å². The van der Waals surface area contributed by atoms with Crippen LogP contribution in [-0.2, 0) is 29.0 Å². The maximum absolute atomic E-state index is 10.7. The first kappa shape index (κ1) is 26.1. The van der Waals surface area contributed by atoms with E-state index in [1.54, 1.807) is 13.2 Å². The van der Waals surface area contributed by atoms with E-state index in [1.807, 2.05) is 18.2 Å². The molecule has 7 heteroatoms. The number of fused-ring (bicyclic) bond motifs is 1. The Labute approximate surface area is 213 Å². The van der Waals surface area contributed by atoms with E-state index in [-0.39, 0.29) is 6.61 Å². The van der Waals surface area contributed by atoms with Crippen LogP contribution < -0.4 is 4.90 Å². The van der Waals surface area contributed by atoms with Crippen molar-refractivity contribution >= 4 is 5.88 Å². The van der Waals surface area contributed by atoms with Gasteiger partial charge in [0.25, 0.3) is 0 Å². The molecule has 0 fully saturated rings. The fourth-order valence-corrected chi connectivity index (χ4v) is 4.71. The molecule has 1 aliphatic rings. The van der Waals surface area contributed by atoms with Crippen molar-refractivity contribution in [3.63, 3.8) is 0 Å². The first-order valence-corrected chi connectivity index (χ1v) is 12.6. The number of aromatic nitrogens is 1. The molecule has 4 rings (SSSR count). The molecule has 0 aliphatic carbocycles. The number of anilines is 1. The van der Waals surface area contributed by atoms with Crippen LogP contribution >= 0.6 is 0 Å². The first-order chi connectivity index (χ1) is 17.7. The van der Waals surface area contributed by atoms with Gasteiger partial charge in [0.2, 0.25) is 5.88 Å². The largest absolute Gasteiger partial charge is 0.389 e. The third kappa shape index (κ3) is 6.83. The van der Waals surface area contributed by atoms with Gasteiger partial charge in [0.1, 0.15) is 5.69 Å². The Morgan fingerprint density at radius 3 is 2.72 bits per heavy atom. The van der Waals surface area contributed by atoms with Gasteiger partial charge in [-0.3, -0.25) is 4.90 Å². The molecule has 1 atom stereocenters. The van der Waals surface area contributed by atoms with Crippen molar-refractivity contribution in [3.05, 3.63) is 83.9 Å². The number of ether oxygens (including phenoxy) is 2. The van der Waals surface area contributed by atoms with Crippen LogP contribution in [0.15, 0.2) is 71.8 Å². The van der Waals surface area contributed by atoms with E-state index in [1.165, 1.54) is 11.1 Å². The number of hydrogen-bond acceptors (Lipinski definition) is 7. The highest BCUT2D eigenvalue weighted by molar-refractivity contribution is 5.68. The highest BCUT2D eigenvalue weighted by Gasteiger charge is 2.27. The van der Waals surface area contributed by atoms with Crippen molar-refractivity contribution in [2.45, 2.75) is 32.0 Å². The summed E-state index contributed by atoms with van der Waals surface area (Å²) in [5, 5.41) is 15.2. The molecule has 0 saturated heterocycles. The van der Waals surface area contributed by atoms with Gasteiger partial charge in [-0.25, -0.2) is 0 Å². The Morgan fingerprint density at radius 2 is 1.94 bits per heavy atom. The zero-order chi connectivity index (χ0) is 25.2. The SMILES string of the molecule is C=CCOC[C@@H](O)CN(CCCOC)Cc1c(-c2ccccc2)noc1N1CCc2ccccc2C1. The Kier molecular flexibility index (Phi) is 9.69. The number of hydrogen-bond donors (Lipinski definition) is 1. The van der Waals surface area contributed by atoms with Crippen LogP contribution in [0.1, 0.15) is 23.1 Å². The first-order valence-electron chi connectivity index (χ1n) is 12.6. The van der Waals surface area contributed by atoms with Crippen molar-refractivity contribution in [1.82, 2.24) is 10.1 Å². The minimum absolute atomic E-state index is 0.262. The molecular formula is C29H37N3O4. The normalized spacial score (nSPS) is 14.1. The molecule has 0 unspecified atom stereocenters. The lowest BCUT2D eigenvalue weighted by Crippen LogP contribution is -2.36. The molecule has 0 saturated carbocycles. The Hall–Kier alpha value is -2.97. The van der Waals surface area contributed by atoms with Crippen LogP contribution in [-0.4, -0.2) is 67.8 Å². The third-order valence-electron chi connectivity index (χ3n) is 6.45. The molecule has 0 radical (unpaired) electrons. The van der Waals surface area contributed by atoms with Crippen molar-refractivity contribution < 1.29 is 19.1 Å². The summed E-state index contributed by atoms with van der Waals surface area (Å²) in [5.74, 6) is 0.803. The van der Waals surface area contributed by atoms with Crippen LogP contribution in [0.5, 0.6) is 0 Å². The summed E-state index contributed by atoms with van der Waals surface area (Å²) < 4.78 is 16.8. The summed E-state index contributed by atoms with van der Waals surface area (Å²) >= 11 is 0. The Bertz CT molecular complexity index is 1090. The predicted molar refractivity (Wildman–Crippen MR) is 142 cm³/mol. The van der Waals surface area contributed by atoms with Gasteiger partial charge in [-0.15, -0.1) is 6.58 Å². The van der Waals surface area contributed by atoms with E-state index in [0.29, 0.717) is 26.3 Å². The van der Waals surface area contributed by atoms with Crippen LogP contribution in [0.4, 0.5) is 5.88 Å². The van der Waals surface area contributed by atoms with Gasteiger partial charge in [-0.05, 0) is 24.0 Å². The fraction of sp³-hybridized carbons (Fsp3) is 0.414. The highest BCUT2D eigenvalue weighted by Crippen LogP contribution is 2.35. The maximum Gasteiger partial charge on any atom is 0.232 e. The predicted octanol–water partition coefficient (Wildman–Crippen LogP) is 4.31. The van der Waals surface area contributed by atoms with Gasteiger partial charge in [0, 0.05) is 52.0 Å². The van der Waals surface area contributed by atoms with Crippen molar-refractivity contribution in [2.75, 3.05) is 51.5 Å². The van der Waals surface area contributed by atoms with E-state index in [9.17, 15) is 5.11 Å². The number of nitrogens with zero attached hydrogens (tertiary/aromatic N) is 3. The molecule has 7 nitrogen and oxygen atoms in total. The fourth-order valence-electron chi connectivity index (χ4n) is 4.71. The van der Waals surface area contributed by atoms with Gasteiger partial charge in [0.05, 0.1) is 24.9 Å². The van der Waals surface area contributed by atoms with Crippen molar-refractivity contribution in [1.29, 1.82) is 0 Å². The standard InChI is InChI=1S/C29H37N3O4/c1-3-17-35-22-26(33)20-31(15-9-18-34-2)21-27-28(24-11-5-4-6-12-24)30-36-29(27)32-16-14-23-10-7-8-13-25(23)19-32/h3-8,10-13,26,33H,1,9,14-22H2,2H3/t26-/m0/s1.